The largest absolute Gasteiger partial charge is 0.494 e. The second-order valence-corrected chi connectivity index (χ2v) is 3.45. The van der Waals surface area contributed by atoms with Gasteiger partial charge in [0.15, 0.2) is 0 Å². The first kappa shape index (κ1) is 15.6. The summed E-state index contributed by atoms with van der Waals surface area (Å²) in [6.45, 7) is 0.584. The lowest BCUT2D eigenvalue weighted by molar-refractivity contribution is -0.140. The summed E-state index contributed by atoms with van der Waals surface area (Å²) < 4.78 is 10.0. The number of nitrogens with two attached hydrogens (primary N) is 1. The molecule has 0 fully saturated rings. The zero-order chi connectivity index (χ0) is 11.8. The molecule has 0 saturated heterocycles. The highest BCUT2D eigenvalue weighted by Gasteiger charge is 1.99. The minimum absolute atomic E-state index is 0. The number of nitrogen functional groups attached to an aromatic ring is 1. The van der Waals surface area contributed by atoms with Crippen LogP contribution in [0.4, 0.5) is 5.69 Å². The van der Waals surface area contributed by atoms with E-state index < -0.39 is 0 Å². The van der Waals surface area contributed by atoms with Crippen molar-refractivity contribution in [3.05, 3.63) is 24.3 Å². The normalized spacial score (nSPS) is 9.24. The minimum Gasteiger partial charge on any atom is -0.494 e. The molecule has 0 aliphatic carbocycles. The molecular weight excluding hydrogens is 242 g/mol. The van der Waals surface area contributed by atoms with E-state index in [-0.39, 0.29) is 18.4 Å². The smallest absolute Gasteiger partial charge is 0.305 e. The van der Waals surface area contributed by atoms with E-state index in [1.165, 1.54) is 7.11 Å². The molecule has 5 heteroatoms. The molecule has 96 valence electrons. The van der Waals surface area contributed by atoms with E-state index >= 15 is 0 Å². The Balaban J connectivity index is 0.00000256. The van der Waals surface area contributed by atoms with E-state index in [0.29, 0.717) is 18.7 Å². The van der Waals surface area contributed by atoms with Crippen LogP contribution in [-0.4, -0.2) is 19.7 Å². The molecule has 0 atom stereocenters. The van der Waals surface area contributed by atoms with Crippen LogP contribution in [0.3, 0.4) is 0 Å². The number of carbonyl (C=O) groups excluding carboxylic acids is 1. The standard InChI is InChI=1S/C12H17NO3.ClH/c1-15-12(14)7-2-3-8-16-11-6-4-5-10(13)9-11;/h4-6,9H,2-3,7-8,13H2,1H3;1H. The van der Waals surface area contributed by atoms with Crippen molar-refractivity contribution in [1.29, 1.82) is 0 Å². The number of anilines is 1. The lowest BCUT2D eigenvalue weighted by Crippen LogP contribution is -2.02. The van der Waals surface area contributed by atoms with Crippen LogP contribution in [0.5, 0.6) is 5.75 Å². The molecule has 0 bridgehead atoms. The molecule has 0 amide bonds. The molecule has 0 aliphatic rings. The molecule has 0 aliphatic heterocycles. The van der Waals surface area contributed by atoms with Crippen LogP contribution in [-0.2, 0) is 9.53 Å². The van der Waals surface area contributed by atoms with Gasteiger partial charge in [0.2, 0.25) is 0 Å². The molecule has 0 aromatic heterocycles. The Morgan fingerprint density at radius 3 is 2.76 bits per heavy atom. The van der Waals surface area contributed by atoms with Crippen LogP contribution in [0.2, 0.25) is 0 Å². The summed E-state index contributed by atoms with van der Waals surface area (Å²) in [5.74, 6) is 0.585. The summed E-state index contributed by atoms with van der Waals surface area (Å²) in [5, 5.41) is 0. The Hall–Kier alpha value is -1.42. The quantitative estimate of drug-likeness (QED) is 0.484. The van der Waals surface area contributed by atoms with Crippen molar-refractivity contribution in [3.63, 3.8) is 0 Å². The third-order valence-electron chi connectivity index (χ3n) is 2.13. The summed E-state index contributed by atoms with van der Waals surface area (Å²) in [6.07, 6.45) is 2.04. The number of unbranched alkanes of at least 4 members (excludes halogenated alkanes) is 1. The monoisotopic (exact) mass is 259 g/mol. The molecule has 0 unspecified atom stereocenters. The molecule has 0 saturated carbocycles. The first-order valence-electron chi connectivity index (χ1n) is 5.27. The van der Waals surface area contributed by atoms with Gasteiger partial charge >= 0.3 is 5.97 Å². The van der Waals surface area contributed by atoms with Gasteiger partial charge in [-0.15, -0.1) is 12.4 Å². The van der Waals surface area contributed by atoms with Crippen LogP contribution >= 0.6 is 12.4 Å². The van der Waals surface area contributed by atoms with Crippen molar-refractivity contribution in [1.82, 2.24) is 0 Å². The van der Waals surface area contributed by atoms with E-state index in [1.54, 1.807) is 6.07 Å². The zero-order valence-corrected chi connectivity index (χ0v) is 10.7. The van der Waals surface area contributed by atoms with Crippen LogP contribution in [0.25, 0.3) is 0 Å². The van der Waals surface area contributed by atoms with Gasteiger partial charge in [0, 0.05) is 18.2 Å². The third-order valence-corrected chi connectivity index (χ3v) is 2.13. The molecule has 2 N–H and O–H groups in total. The predicted molar refractivity (Wildman–Crippen MR) is 69.5 cm³/mol. The predicted octanol–water partition coefficient (Wildman–Crippen LogP) is 2.41. The number of methoxy groups -OCH3 is 1. The fraction of sp³-hybridized carbons (Fsp3) is 0.417. The molecule has 1 rings (SSSR count). The van der Waals surface area contributed by atoms with E-state index in [4.69, 9.17) is 10.5 Å². The summed E-state index contributed by atoms with van der Waals surface area (Å²) in [5.41, 5.74) is 6.29. The van der Waals surface area contributed by atoms with Crippen LogP contribution in [0.1, 0.15) is 19.3 Å². The topological polar surface area (TPSA) is 61.5 Å². The highest BCUT2D eigenvalue weighted by atomic mass is 35.5. The van der Waals surface area contributed by atoms with Gasteiger partial charge in [0.25, 0.3) is 0 Å². The van der Waals surface area contributed by atoms with Crippen molar-refractivity contribution in [3.8, 4) is 5.75 Å². The molecule has 0 spiro atoms. The van der Waals surface area contributed by atoms with Crippen molar-refractivity contribution in [2.75, 3.05) is 19.5 Å². The first-order valence-corrected chi connectivity index (χ1v) is 5.27. The summed E-state index contributed by atoms with van der Waals surface area (Å²) >= 11 is 0. The lowest BCUT2D eigenvalue weighted by atomic mass is 10.2. The van der Waals surface area contributed by atoms with Crippen molar-refractivity contribution >= 4 is 24.1 Å². The van der Waals surface area contributed by atoms with E-state index in [1.807, 2.05) is 18.2 Å². The SMILES string of the molecule is COC(=O)CCCCOc1cccc(N)c1.Cl. The van der Waals surface area contributed by atoms with E-state index in [9.17, 15) is 4.79 Å². The van der Waals surface area contributed by atoms with Gasteiger partial charge in [-0.05, 0) is 25.0 Å². The zero-order valence-electron chi connectivity index (χ0n) is 9.85. The number of hydrogen-bond acceptors (Lipinski definition) is 4. The van der Waals surface area contributed by atoms with Crippen molar-refractivity contribution in [2.45, 2.75) is 19.3 Å². The van der Waals surface area contributed by atoms with Gasteiger partial charge in [0.05, 0.1) is 13.7 Å². The van der Waals surface area contributed by atoms with Gasteiger partial charge in [-0.3, -0.25) is 4.79 Å². The van der Waals surface area contributed by atoms with Gasteiger partial charge < -0.3 is 15.2 Å². The van der Waals surface area contributed by atoms with E-state index in [0.717, 1.165) is 18.6 Å². The maximum atomic E-state index is 10.8. The summed E-state index contributed by atoms with van der Waals surface area (Å²) in [4.78, 5) is 10.8. The van der Waals surface area contributed by atoms with Crippen molar-refractivity contribution < 1.29 is 14.3 Å². The number of benzene rings is 1. The molecular formula is C12H18ClNO3. The van der Waals surface area contributed by atoms with Crippen LogP contribution < -0.4 is 10.5 Å². The Morgan fingerprint density at radius 1 is 1.35 bits per heavy atom. The van der Waals surface area contributed by atoms with Crippen molar-refractivity contribution in [2.24, 2.45) is 0 Å². The lowest BCUT2D eigenvalue weighted by Gasteiger charge is -2.06. The Bertz CT molecular complexity index is 344. The fourth-order valence-electron chi connectivity index (χ4n) is 1.27. The third kappa shape index (κ3) is 6.68. The number of rotatable bonds is 6. The highest BCUT2D eigenvalue weighted by molar-refractivity contribution is 5.85. The van der Waals surface area contributed by atoms with Crippen LogP contribution in [0, 0.1) is 0 Å². The minimum atomic E-state index is -0.177. The second kappa shape index (κ2) is 8.70. The average molecular weight is 260 g/mol. The fourth-order valence-corrected chi connectivity index (χ4v) is 1.27. The molecule has 17 heavy (non-hydrogen) atoms. The van der Waals surface area contributed by atoms with Gasteiger partial charge in [-0.25, -0.2) is 0 Å². The first-order chi connectivity index (χ1) is 7.72. The Labute approximate surface area is 108 Å². The summed E-state index contributed by atoms with van der Waals surface area (Å²) in [6, 6.07) is 7.29. The molecule has 1 aromatic rings. The highest BCUT2D eigenvalue weighted by Crippen LogP contribution is 2.14. The van der Waals surface area contributed by atoms with Gasteiger partial charge in [-0.1, -0.05) is 6.07 Å². The number of ether oxygens (including phenoxy) is 2. The number of hydrogen-bond donors (Lipinski definition) is 1. The Morgan fingerprint density at radius 2 is 2.12 bits per heavy atom. The molecule has 0 heterocycles. The average Bonchev–Trinajstić information content (AvgIpc) is 2.28. The van der Waals surface area contributed by atoms with E-state index in [2.05, 4.69) is 4.74 Å². The number of carbonyl (C=O) groups is 1. The molecule has 4 nitrogen and oxygen atoms in total. The molecule has 0 radical (unpaired) electrons. The molecule has 1 aromatic carbocycles. The van der Waals surface area contributed by atoms with Gasteiger partial charge in [-0.2, -0.15) is 0 Å². The number of halogens is 1. The maximum Gasteiger partial charge on any atom is 0.305 e. The number of esters is 1. The van der Waals surface area contributed by atoms with Crippen LogP contribution in [0.15, 0.2) is 24.3 Å². The summed E-state index contributed by atoms with van der Waals surface area (Å²) in [7, 11) is 1.39. The second-order valence-electron chi connectivity index (χ2n) is 3.45. The Kier molecular flexibility index (Phi) is 7.97. The maximum absolute atomic E-state index is 10.8. The van der Waals surface area contributed by atoms with Gasteiger partial charge in [0.1, 0.15) is 5.75 Å².